The minimum atomic E-state index is 0.155. The molecule has 84 valence electrons. The van der Waals surface area contributed by atoms with E-state index in [2.05, 4.69) is 10.3 Å². The average Bonchev–Trinajstić information content (AvgIpc) is 2.27. The number of aromatic nitrogens is 1. The molecule has 0 aliphatic heterocycles. The van der Waals surface area contributed by atoms with Crippen molar-refractivity contribution in [3.05, 3.63) is 24.0 Å². The van der Waals surface area contributed by atoms with Crippen LogP contribution in [0.4, 0.5) is 0 Å². The molecule has 0 fully saturated rings. The van der Waals surface area contributed by atoms with E-state index in [4.69, 9.17) is 9.47 Å². The number of pyridine rings is 1. The first kappa shape index (κ1) is 11.9. The van der Waals surface area contributed by atoms with E-state index in [1.165, 1.54) is 0 Å². The molecule has 1 atom stereocenters. The maximum Gasteiger partial charge on any atom is 0.137 e. The quantitative estimate of drug-likeness (QED) is 0.770. The Bertz CT molecular complexity index is 292. The SMILES string of the molecule is CCOc1cncc(C(COC)NC)c1. The summed E-state index contributed by atoms with van der Waals surface area (Å²) >= 11 is 0. The number of nitrogens with one attached hydrogen (secondary N) is 1. The standard InChI is InChI=1S/C11H18N2O2/c1-4-15-10-5-9(6-13-7-10)11(12-2)8-14-3/h5-7,11-12H,4,8H2,1-3H3. The molecule has 0 radical (unpaired) electrons. The number of methoxy groups -OCH3 is 1. The summed E-state index contributed by atoms with van der Waals surface area (Å²) in [7, 11) is 3.58. The maximum absolute atomic E-state index is 5.39. The average molecular weight is 210 g/mol. The molecule has 0 aromatic carbocycles. The molecular weight excluding hydrogens is 192 g/mol. The van der Waals surface area contributed by atoms with E-state index in [1.54, 1.807) is 13.3 Å². The van der Waals surface area contributed by atoms with Crippen molar-refractivity contribution in [3.8, 4) is 5.75 Å². The Morgan fingerprint density at radius 1 is 1.47 bits per heavy atom. The monoisotopic (exact) mass is 210 g/mol. The third-order valence-corrected chi connectivity index (χ3v) is 2.13. The Labute approximate surface area is 90.6 Å². The summed E-state index contributed by atoms with van der Waals surface area (Å²) in [6.45, 7) is 3.23. The Morgan fingerprint density at radius 2 is 2.27 bits per heavy atom. The molecule has 0 aliphatic rings. The number of rotatable bonds is 6. The molecule has 1 heterocycles. The lowest BCUT2D eigenvalue weighted by Crippen LogP contribution is -2.21. The summed E-state index contributed by atoms with van der Waals surface area (Å²) in [5.41, 5.74) is 1.07. The van der Waals surface area contributed by atoms with Gasteiger partial charge in [0.2, 0.25) is 0 Å². The van der Waals surface area contributed by atoms with Crippen molar-refractivity contribution in [1.29, 1.82) is 0 Å². The lowest BCUT2D eigenvalue weighted by molar-refractivity contribution is 0.170. The van der Waals surface area contributed by atoms with Crippen LogP contribution < -0.4 is 10.1 Å². The van der Waals surface area contributed by atoms with Crippen LogP contribution in [-0.4, -0.2) is 32.4 Å². The first-order valence-electron chi connectivity index (χ1n) is 5.05. The molecule has 0 saturated carbocycles. The van der Waals surface area contributed by atoms with E-state index >= 15 is 0 Å². The Kier molecular flexibility index (Phi) is 5.07. The lowest BCUT2D eigenvalue weighted by atomic mass is 10.1. The largest absolute Gasteiger partial charge is 0.492 e. The van der Waals surface area contributed by atoms with Gasteiger partial charge < -0.3 is 14.8 Å². The fourth-order valence-corrected chi connectivity index (χ4v) is 1.38. The van der Waals surface area contributed by atoms with E-state index < -0.39 is 0 Å². The van der Waals surface area contributed by atoms with Crippen LogP contribution in [0.1, 0.15) is 18.5 Å². The van der Waals surface area contributed by atoms with Gasteiger partial charge in [-0.1, -0.05) is 0 Å². The molecule has 1 aromatic heterocycles. The molecule has 0 saturated heterocycles. The van der Waals surface area contributed by atoms with Gasteiger partial charge in [-0.2, -0.15) is 0 Å². The lowest BCUT2D eigenvalue weighted by Gasteiger charge is -2.15. The van der Waals surface area contributed by atoms with E-state index in [0.717, 1.165) is 11.3 Å². The molecule has 4 nitrogen and oxygen atoms in total. The highest BCUT2D eigenvalue weighted by molar-refractivity contribution is 5.26. The van der Waals surface area contributed by atoms with Crippen LogP contribution in [0.15, 0.2) is 18.5 Å². The van der Waals surface area contributed by atoms with Gasteiger partial charge in [0.1, 0.15) is 5.75 Å². The first-order valence-corrected chi connectivity index (χ1v) is 5.05. The van der Waals surface area contributed by atoms with Crippen molar-refractivity contribution in [2.45, 2.75) is 13.0 Å². The van der Waals surface area contributed by atoms with Gasteiger partial charge in [0.05, 0.1) is 25.5 Å². The van der Waals surface area contributed by atoms with E-state index in [-0.39, 0.29) is 6.04 Å². The van der Waals surface area contributed by atoms with Crippen molar-refractivity contribution in [2.24, 2.45) is 0 Å². The van der Waals surface area contributed by atoms with Gasteiger partial charge in [-0.25, -0.2) is 0 Å². The van der Waals surface area contributed by atoms with Gasteiger partial charge in [-0.3, -0.25) is 4.98 Å². The van der Waals surface area contributed by atoms with Crippen LogP contribution in [0.5, 0.6) is 5.75 Å². The summed E-state index contributed by atoms with van der Waals surface area (Å²) in [6, 6.07) is 2.14. The molecule has 1 rings (SSSR count). The first-order chi connectivity index (χ1) is 7.31. The Morgan fingerprint density at radius 3 is 2.87 bits per heavy atom. The molecule has 15 heavy (non-hydrogen) atoms. The Hall–Kier alpha value is -1.13. The van der Waals surface area contributed by atoms with Crippen molar-refractivity contribution >= 4 is 0 Å². The molecule has 0 aliphatic carbocycles. The van der Waals surface area contributed by atoms with Crippen molar-refractivity contribution in [2.75, 3.05) is 27.4 Å². The maximum atomic E-state index is 5.39. The summed E-state index contributed by atoms with van der Waals surface area (Å²) in [6.07, 6.45) is 3.54. The smallest absolute Gasteiger partial charge is 0.137 e. The van der Waals surface area contributed by atoms with Gasteiger partial charge in [0, 0.05) is 13.3 Å². The minimum absolute atomic E-state index is 0.155. The van der Waals surface area contributed by atoms with Crippen LogP contribution in [0.2, 0.25) is 0 Å². The van der Waals surface area contributed by atoms with E-state index in [0.29, 0.717) is 13.2 Å². The second-order valence-corrected chi connectivity index (χ2v) is 3.18. The third kappa shape index (κ3) is 3.49. The second kappa shape index (κ2) is 6.37. The number of likely N-dealkylation sites (N-methyl/N-ethyl adjacent to an activating group) is 1. The van der Waals surface area contributed by atoms with Gasteiger partial charge >= 0.3 is 0 Å². The van der Waals surface area contributed by atoms with Crippen molar-refractivity contribution in [3.63, 3.8) is 0 Å². The van der Waals surface area contributed by atoms with Crippen LogP contribution >= 0.6 is 0 Å². The molecule has 4 heteroatoms. The third-order valence-electron chi connectivity index (χ3n) is 2.13. The molecule has 1 N–H and O–H groups in total. The van der Waals surface area contributed by atoms with Gasteiger partial charge in [-0.15, -0.1) is 0 Å². The van der Waals surface area contributed by atoms with Crippen LogP contribution in [-0.2, 0) is 4.74 Å². The molecule has 0 bridgehead atoms. The van der Waals surface area contributed by atoms with E-state index in [1.807, 2.05) is 26.2 Å². The molecule has 0 amide bonds. The summed E-state index contributed by atoms with van der Waals surface area (Å²) in [5, 5.41) is 3.17. The normalized spacial score (nSPS) is 12.5. The van der Waals surface area contributed by atoms with E-state index in [9.17, 15) is 0 Å². The molecule has 0 spiro atoms. The predicted molar refractivity (Wildman–Crippen MR) is 59.1 cm³/mol. The topological polar surface area (TPSA) is 43.4 Å². The fourth-order valence-electron chi connectivity index (χ4n) is 1.38. The zero-order chi connectivity index (χ0) is 11.1. The predicted octanol–water partition coefficient (Wildman–Crippen LogP) is 1.39. The molecular formula is C11H18N2O2. The Balaban J connectivity index is 2.77. The van der Waals surface area contributed by atoms with Crippen molar-refractivity contribution in [1.82, 2.24) is 10.3 Å². The van der Waals surface area contributed by atoms with Gasteiger partial charge in [-0.05, 0) is 25.6 Å². The van der Waals surface area contributed by atoms with Crippen LogP contribution in [0.25, 0.3) is 0 Å². The highest BCUT2D eigenvalue weighted by atomic mass is 16.5. The number of hydrogen-bond donors (Lipinski definition) is 1. The zero-order valence-electron chi connectivity index (χ0n) is 9.49. The van der Waals surface area contributed by atoms with Gasteiger partial charge in [0.25, 0.3) is 0 Å². The number of nitrogens with zero attached hydrogens (tertiary/aromatic N) is 1. The minimum Gasteiger partial charge on any atom is -0.492 e. The molecule has 1 unspecified atom stereocenters. The van der Waals surface area contributed by atoms with Gasteiger partial charge in [0.15, 0.2) is 0 Å². The number of ether oxygens (including phenoxy) is 2. The van der Waals surface area contributed by atoms with Crippen LogP contribution in [0.3, 0.4) is 0 Å². The second-order valence-electron chi connectivity index (χ2n) is 3.18. The zero-order valence-corrected chi connectivity index (χ0v) is 9.49. The molecule has 1 aromatic rings. The summed E-state index contributed by atoms with van der Waals surface area (Å²) in [5.74, 6) is 0.798. The van der Waals surface area contributed by atoms with Crippen molar-refractivity contribution < 1.29 is 9.47 Å². The van der Waals surface area contributed by atoms with Crippen LogP contribution in [0, 0.1) is 0 Å². The highest BCUT2D eigenvalue weighted by Gasteiger charge is 2.09. The number of hydrogen-bond acceptors (Lipinski definition) is 4. The highest BCUT2D eigenvalue weighted by Crippen LogP contribution is 2.17. The summed E-state index contributed by atoms with van der Waals surface area (Å²) < 4.78 is 10.5. The fraction of sp³-hybridized carbons (Fsp3) is 0.545. The summed E-state index contributed by atoms with van der Waals surface area (Å²) in [4.78, 5) is 4.13.